The van der Waals surface area contributed by atoms with Crippen LogP contribution in [0.4, 0.5) is 4.79 Å². The minimum absolute atomic E-state index is 0.0965. The SMILES string of the molecule is CC(C)(C)[Si](C)(C)OC[C@]1(COCc2ccccc2)C[C@H]2OC[C@H]3OC(=O)N[C@H]3[C@H]2O1. The van der Waals surface area contributed by atoms with Crippen LogP contribution < -0.4 is 5.32 Å². The lowest BCUT2D eigenvalue weighted by Gasteiger charge is -2.40. The van der Waals surface area contributed by atoms with Gasteiger partial charge in [0.2, 0.25) is 0 Å². The average Bonchev–Trinajstić information content (AvgIpc) is 3.26. The van der Waals surface area contributed by atoms with Crippen LogP contribution in [0.1, 0.15) is 32.8 Å². The third kappa shape index (κ3) is 4.83. The number of hydrogen-bond donors (Lipinski definition) is 1. The predicted octanol–water partition coefficient (Wildman–Crippen LogP) is 3.63. The lowest BCUT2D eigenvalue weighted by molar-refractivity contribution is -0.148. The lowest BCUT2D eigenvalue weighted by atomic mass is 9.94. The number of benzene rings is 1. The van der Waals surface area contributed by atoms with Gasteiger partial charge >= 0.3 is 6.09 Å². The topological polar surface area (TPSA) is 75.2 Å². The highest BCUT2D eigenvalue weighted by molar-refractivity contribution is 6.74. The number of ether oxygens (including phenoxy) is 4. The van der Waals surface area contributed by atoms with Crippen LogP contribution in [0.5, 0.6) is 0 Å². The van der Waals surface area contributed by atoms with Gasteiger partial charge in [-0.1, -0.05) is 51.1 Å². The molecule has 3 heterocycles. The van der Waals surface area contributed by atoms with Crippen LogP contribution in [-0.4, -0.2) is 64.2 Å². The number of carbonyl (C=O) groups is 1. The Morgan fingerprint density at radius 1 is 1.16 bits per heavy atom. The van der Waals surface area contributed by atoms with Crippen LogP contribution in [0, 0.1) is 0 Å². The molecule has 0 saturated carbocycles. The quantitative estimate of drug-likeness (QED) is 0.641. The van der Waals surface area contributed by atoms with Crippen molar-refractivity contribution >= 4 is 14.4 Å². The number of rotatable bonds is 7. The Labute approximate surface area is 185 Å². The highest BCUT2D eigenvalue weighted by atomic mass is 28.4. The fourth-order valence-electron chi connectivity index (χ4n) is 4.16. The maximum Gasteiger partial charge on any atom is 0.408 e. The summed E-state index contributed by atoms with van der Waals surface area (Å²) in [5.41, 5.74) is 0.494. The van der Waals surface area contributed by atoms with Gasteiger partial charge in [-0.15, -0.1) is 0 Å². The molecule has 1 aromatic rings. The molecule has 5 atom stereocenters. The number of hydrogen-bond acceptors (Lipinski definition) is 6. The van der Waals surface area contributed by atoms with E-state index in [1.807, 2.05) is 30.3 Å². The molecule has 0 aromatic heterocycles. The first-order valence-electron chi connectivity index (χ1n) is 11.1. The molecule has 0 unspecified atom stereocenters. The number of fused-ring (bicyclic) bond motifs is 3. The van der Waals surface area contributed by atoms with Crippen molar-refractivity contribution in [1.29, 1.82) is 0 Å². The Morgan fingerprint density at radius 3 is 2.61 bits per heavy atom. The standard InChI is InChI=1S/C23H35NO6Si/c1-22(2,3)31(4,5)28-15-23(14-26-12-16-9-7-6-8-10-16)11-17-20(30-23)19-18(13-27-17)29-21(25)24-19/h6-10,17-20H,11-15H2,1-5H3,(H,24,25)/t17-,18-,19-,20+,23-/m1/s1. The molecule has 0 radical (unpaired) electrons. The van der Waals surface area contributed by atoms with Gasteiger partial charge in [-0.05, 0) is 23.7 Å². The van der Waals surface area contributed by atoms with Gasteiger partial charge in [0.05, 0.1) is 32.5 Å². The van der Waals surface area contributed by atoms with E-state index in [4.69, 9.17) is 23.4 Å². The molecule has 7 nitrogen and oxygen atoms in total. The van der Waals surface area contributed by atoms with Crippen molar-refractivity contribution in [3.63, 3.8) is 0 Å². The van der Waals surface area contributed by atoms with E-state index in [1.165, 1.54) is 0 Å². The van der Waals surface area contributed by atoms with Crippen LogP contribution in [-0.2, 0) is 30.0 Å². The van der Waals surface area contributed by atoms with Gasteiger partial charge in [0.1, 0.15) is 23.9 Å². The largest absolute Gasteiger partial charge is 0.441 e. The third-order valence-corrected chi connectivity index (χ3v) is 11.6. The maximum atomic E-state index is 11.8. The molecule has 3 aliphatic heterocycles. The normalized spacial score (nSPS) is 32.9. The molecule has 8 heteroatoms. The van der Waals surface area contributed by atoms with Crippen molar-refractivity contribution in [2.24, 2.45) is 0 Å². The van der Waals surface area contributed by atoms with Gasteiger partial charge in [-0.25, -0.2) is 4.79 Å². The Morgan fingerprint density at radius 2 is 1.90 bits per heavy atom. The average molecular weight is 450 g/mol. The van der Waals surface area contributed by atoms with Crippen LogP contribution >= 0.6 is 0 Å². The van der Waals surface area contributed by atoms with Gasteiger partial charge in [0.25, 0.3) is 0 Å². The molecule has 3 aliphatic rings. The van der Waals surface area contributed by atoms with Crippen molar-refractivity contribution in [1.82, 2.24) is 5.32 Å². The Kier molecular flexibility index (Phi) is 6.22. The van der Waals surface area contributed by atoms with Crippen LogP contribution in [0.15, 0.2) is 30.3 Å². The number of alkyl carbamates (subject to hydrolysis) is 1. The van der Waals surface area contributed by atoms with Crippen molar-refractivity contribution in [2.45, 2.75) is 81.9 Å². The molecule has 0 aliphatic carbocycles. The summed E-state index contributed by atoms with van der Waals surface area (Å²) in [7, 11) is -1.98. The summed E-state index contributed by atoms with van der Waals surface area (Å²) in [6.07, 6.45) is -0.436. The highest BCUT2D eigenvalue weighted by Crippen LogP contribution is 2.42. The van der Waals surface area contributed by atoms with E-state index in [1.54, 1.807) is 0 Å². The first-order chi connectivity index (χ1) is 14.6. The summed E-state index contributed by atoms with van der Waals surface area (Å²) in [4.78, 5) is 11.8. The zero-order valence-electron chi connectivity index (χ0n) is 19.2. The fraction of sp³-hybridized carbons (Fsp3) is 0.696. The molecule has 31 heavy (non-hydrogen) atoms. The summed E-state index contributed by atoms with van der Waals surface area (Å²) in [6, 6.07) is 9.91. The second kappa shape index (κ2) is 8.48. The lowest BCUT2D eigenvalue weighted by Crippen LogP contribution is -2.54. The molecule has 172 valence electrons. The summed E-state index contributed by atoms with van der Waals surface area (Å²) in [5.74, 6) is 0. The van der Waals surface area contributed by atoms with Gasteiger partial charge in [-0.2, -0.15) is 0 Å². The maximum absolute atomic E-state index is 11.8. The predicted molar refractivity (Wildman–Crippen MR) is 118 cm³/mol. The highest BCUT2D eigenvalue weighted by Gasteiger charge is 2.57. The molecule has 3 saturated heterocycles. The molecule has 4 rings (SSSR count). The summed E-state index contributed by atoms with van der Waals surface area (Å²) >= 11 is 0. The Hall–Kier alpha value is -1.45. The van der Waals surface area contributed by atoms with Gasteiger partial charge in [0.15, 0.2) is 8.32 Å². The van der Waals surface area contributed by atoms with Crippen LogP contribution in [0.25, 0.3) is 0 Å². The van der Waals surface area contributed by atoms with Crippen molar-refractivity contribution < 1.29 is 28.2 Å². The fourth-order valence-corrected chi connectivity index (χ4v) is 5.22. The van der Waals surface area contributed by atoms with Gasteiger partial charge in [-0.3, -0.25) is 0 Å². The van der Waals surface area contributed by atoms with E-state index in [0.717, 1.165) is 5.56 Å². The molecule has 0 spiro atoms. The smallest absolute Gasteiger partial charge is 0.408 e. The molecular formula is C23H35NO6Si. The molecule has 1 aromatic carbocycles. The second-order valence-corrected chi connectivity index (χ2v) is 15.3. The molecule has 0 bridgehead atoms. The van der Waals surface area contributed by atoms with E-state index in [-0.39, 0.29) is 29.4 Å². The van der Waals surface area contributed by atoms with Crippen LogP contribution in [0.3, 0.4) is 0 Å². The Balaban J connectivity index is 1.48. The first kappa shape index (κ1) is 22.7. The minimum atomic E-state index is -1.98. The second-order valence-electron chi connectivity index (χ2n) is 10.5. The monoisotopic (exact) mass is 449 g/mol. The number of carbonyl (C=O) groups excluding carboxylic acids is 1. The van der Waals surface area contributed by atoms with Gasteiger partial charge in [0, 0.05) is 6.42 Å². The Bertz CT molecular complexity index is 782. The number of nitrogens with one attached hydrogen (secondary N) is 1. The molecule has 1 amide bonds. The minimum Gasteiger partial charge on any atom is -0.441 e. The van der Waals surface area contributed by atoms with E-state index in [9.17, 15) is 4.79 Å². The van der Waals surface area contributed by atoms with E-state index in [2.05, 4.69) is 39.2 Å². The van der Waals surface area contributed by atoms with Crippen molar-refractivity contribution in [3.8, 4) is 0 Å². The summed E-state index contributed by atoms with van der Waals surface area (Å²) < 4.78 is 30.7. The third-order valence-electron chi connectivity index (χ3n) is 7.08. The number of amides is 1. The zero-order chi connectivity index (χ0) is 22.3. The van der Waals surface area contributed by atoms with E-state index in [0.29, 0.717) is 32.8 Å². The molecular weight excluding hydrogens is 414 g/mol. The van der Waals surface area contributed by atoms with E-state index < -0.39 is 20.0 Å². The van der Waals surface area contributed by atoms with E-state index >= 15 is 0 Å². The van der Waals surface area contributed by atoms with Crippen molar-refractivity contribution in [2.75, 3.05) is 19.8 Å². The van der Waals surface area contributed by atoms with Crippen LogP contribution in [0.2, 0.25) is 18.1 Å². The molecule has 3 fully saturated rings. The molecule has 1 N–H and O–H groups in total. The van der Waals surface area contributed by atoms with Crippen molar-refractivity contribution in [3.05, 3.63) is 35.9 Å². The van der Waals surface area contributed by atoms with Gasteiger partial charge < -0.3 is 28.7 Å². The summed E-state index contributed by atoms with van der Waals surface area (Å²) in [5, 5.41) is 3.00. The zero-order valence-corrected chi connectivity index (χ0v) is 20.2. The summed E-state index contributed by atoms with van der Waals surface area (Å²) in [6.45, 7) is 12.9. The first-order valence-corrected chi connectivity index (χ1v) is 14.0.